The van der Waals surface area contributed by atoms with Crippen molar-refractivity contribution in [1.29, 1.82) is 5.26 Å². The van der Waals surface area contributed by atoms with Crippen molar-refractivity contribution in [3.8, 4) is 6.07 Å². The molecule has 1 heterocycles. The van der Waals surface area contributed by atoms with Gasteiger partial charge in [-0.1, -0.05) is 30.3 Å². The van der Waals surface area contributed by atoms with Gasteiger partial charge in [0, 0.05) is 6.42 Å². The molecule has 1 aliphatic rings. The number of likely N-dealkylation sites (tertiary alicyclic amines) is 1. The van der Waals surface area contributed by atoms with E-state index in [0.717, 1.165) is 10.5 Å². The van der Waals surface area contributed by atoms with E-state index in [-0.39, 0.29) is 19.6 Å². The first kappa shape index (κ1) is 22.6. The van der Waals surface area contributed by atoms with Crippen molar-refractivity contribution in [2.24, 2.45) is 0 Å². The van der Waals surface area contributed by atoms with Crippen LogP contribution in [0.25, 0.3) is 0 Å². The number of hydrogen-bond donors (Lipinski definition) is 1. The summed E-state index contributed by atoms with van der Waals surface area (Å²) in [6.45, 7) is 6.81. The molecule has 1 aliphatic heterocycles. The molecule has 29 heavy (non-hydrogen) atoms. The zero-order valence-corrected chi connectivity index (χ0v) is 17.2. The van der Waals surface area contributed by atoms with Gasteiger partial charge in [-0.15, -0.1) is 0 Å². The number of ether oxygens (including phenoxy) is 2. The van der Waals surface area contributed by atoms with Crippen LogP contribution in [0.2, 0.25) is 0 Å². The first-order valence-corrected chi connectivity index (χ1v) is 9.60. The summed E-state index contributed by atoms with van der Waals surface area (Å²) < 4.78 is 24.9. The van der Waals surface area contributed by atoms with Gasteiger partial charge in [0.1, 0.15) is 23.9 Å². The fraction of sp³-hybridized carbons (Fsp3) is 0.571. The van der Waals surface area contributed by atoms with Gasteiger partial charge in [-0.05, 0) is 33.3 Å². The van der Waals surface area contributed by atoms with Crippen molar-refractivity contribution < 1.29 is 23.5 Å². The SMILES string of the molecule is C[C@@H](OCc1ccccc1)[C@H](NC(=O)OC(C)(C)C)C(=O)N1C[C@@H](F)C[C@H]1C#N. The number of benzene rings is 1. The molecule has 158 valence electrons. The molecule has 1 N–H and O–H groups in total. The average Bonchev–Trinajstić information content (AvgIpc) is 3.04. The van der Waals surface area contributed by atoms with Gasteiger partial charge >= 0.3 is 6.09 Å². The second-order valence-electron chi connectivity index (χ2n) is 8.09. The molecule has 1 saturated heterocycles. The number of carbonyl (C=O) groups excluding carboxylic acids is 2. The molecule has 0 bridgehead atoms. The summed E-state index contributed by atoms with van der Waals surface area (Å²) in [5.74, 6) is -0.567. The van der Waals surface area contributed by atoms with E-state index in [2.05, 4.69) is 5.32 Å². The zero-order chi connectivity index (χ0) is 21.6. The van der Waals surface area contributed by atoms with Gasteiger partial charge in [-0.25, -0.2) is 9.18 Å². The van der Waals surface area contributed by atoms with Crippen LogP contribution in [0.4, 0.5) is 9.18 Å². The van der Waals surface area contributed by atoms with Gasteiger partial charge in [0.15, 0.2) is 0 Å². The number of rotatable bonds is 6. The molecule has 2 rings (SSSR count). The van der Waals surface area contributed by atoms with Crippen molar-refractivity contribution in [3.63, 3.8) is 0 Å². The van der Waals surface area contributed by atoms with E-state index in [9.17, 15) is 19.2 Å². The number of nitriles is 1. The third kappa shape index (κ3) is 6.71. The van der Waals surface area contributed by atoms with Crippen LogP contribution in [0.1, 0.15) is 39.7 Å². The van der Waals surface area contributed by atoms with Gasteiger partial charge in [0.05, 0.1) is 25.3 Å². The molecule has 0 aromatic heterocycles. The van der Waals surface area contributed by atoms with E-state index in [1.165, 1.54) is 0 Å². The Bertz CT molecular complexity index is 745. The number of nitrogens with one attached hydrogen (secondary N) is 1. The van der Waals surface area contributed by atoms with E-state index in [0.29, 0.717) is 0 Å². The van der Waals surface area contributed by atoms with Crippen molar-refractivity contribution >= 4 is 12.0 Å². The maximum Gasteiger partial charge on any atom is 0.408 e. The lowest BCUT2D eigenvalue weighted by atomic mass is 10.1. The smallest absolute Gasteiger partial charge is 0.408 e. The molecular formula is C21H28FN3O4. The minimum atomic E-state index is -1.27. The number of halogens is 1. The molecular weight excluding hydrogens is 377 g/mol. The predicted octanol–water partition coefficient (Wildman–Crippen LogP) is 2.95. The van der Waals surface area contributed by atoms with Crippen molar-refractivity contribution in [1.82, 2.24) is 10.2 Å². The normalized spacial score (nSPS) is 21.2. The number of alkyl carbamates (subject to hydrolysis) is 1. The monoisotopic (exact) mass is 405 g/mol. The Morgan fingerprint density at radius 3 is 2.59 bits per heavy atom. The summed E-state index contributed by atoms with van der Waals surface area (Å²) >= 11 is 0. The number of carbonyl (C=O) groups is 2. The van der Waals surface area contributed by atoms with E-state index >= 15 is 0 Å². The highest BCUT2D eigenvalue weighted by Gasteiger charge is 2.41. The number of nitrogens with zero attached hydrogens (tertiary/aromatic N) is 2. The molecule has 4 atom stereocenters. The van der Waals surface area contributed by atoms with Gasteiger partial charge in [0.25, 0.3) is 0 Å². The quantitative estimate of drug-likeness (QED) is 0.786. The topological polar surface area (TPSA) is 91.7 Å². The maximum absolute atomic E-state index is 13.8. The first-order chi connectivity index (χ1) is 13.6. The van der Waals surface area contributed by atoms with Crippen LogP contribution in [0, 0.1) is 11.3 Å². The van der Waals surface area contributed by atoms with Crippen LogP contribution in [0.5, 0.6) is 0 Å². The van der Waals surface area contributed by atoms with E-state index in [4.69, 9.17) is 9.47 Å². The second-order valence-corrected chi connectivity index (χ2v) is 8.09. The minimum absolute atomic E-state index is 0.0410. The van der Waals surface area contributed by atoms with Gasteiger partial charge in [-0.2, -0.15) is 5.26 Å². The predicted molar refractivity (Wildman–Crippen MR) is 104 cm³/mol. The Balaban J connectivity index is 2.14. The molecule has 7 nitrogen and oxygen atoms in total. The lowest BCUT2D eigenvalue weighted by Gasteiger charge is -2.30. The van der Waals surface area contributed by atoms with Crippen LogP contribution in [-0.4, -0.2) is 53.4 Å². The van der Waals surface area contributed by atoms with Crippen LogP contribution in [-0.2, 0) is 20.9 Å². The number of hydrogen-bond acceptors (Lipinski definition) is 5. The molecule has 0 radical (unpaired) electrons. The van der Waals surface area contributed by atoms with Crippen LogP contribution < -0.4 is 5.32 Å². The molecule has 1 aromatic carbocycles. The lowest BCUT2D eigenvalue weighted by Crippen LogP contribution is -2.56. The molecule has 8 heteroatoms. The molecule has 1 aromatic rings. The summed E-state index contributed by atoms with van der Waals surface area (Å²) in [7, 11) is 0. The van der Waals surface area contributed by atoms with E-state index in [1.54, 1.807) is 27.7 Å². The minimum Gasteiger partial charge on any atom is -0.444 e. The maximum atomic E-state index is 13.8. The number of amides is 2. The highest BCUT2D eigenvalue weighted by Crippen LogP contribution is 2.22. The Morgan fingerprint density at radius 2 is 2.00 bits per heavy atom. The fourth-order valence-corrected chi connectivity index (χ4v) is 3.04. The highest BCUT2D eigenvalue weighted by atomic mass is 19.1. The third-order valence-corrected chi connectivity index (χ3v) is 4.45. The Morgan fingerprint density at radius 1 is 1.34 bits per heavy atom. The summed E-state index contributed by atoms with van der Waals surface area (Å²) in [6, 6.07) is 9.34. The van der Waals surface area contributed by atoms with Gasteiger partial charge in [0.2, 0.25) is 5.91 Å². The van der Waals surface area contributed by atoms with Crippen molar-refractivity contribution in [3.05, 3.63) is 35.9 Å². The van der Waals surface area contributed by atoms with E-state index in [1.807, 2.05) is 36.4 Å². The lowest BCUT2D eigenvalue weighted by molar-refractivity contribution is -0.137. The molecule has 0 unspecified atom stereocenters. The Kier molecular flexibility index (Phi) is 7.57. The van der Waals surface area contributed by atoms with Crippen LogP contribution >= 0.6 is 0 Å². The fourth-order valence-electron chi connectivity index (χ4n) is 3.04. The zero-order valence-electron chi connectivity index (χ0n) is 17.2. The van der Waals surface area contributed by atoms with Gasteiger partial charge < -0.3 is 19.7 Å². The molecule has 2 amide bonds. The third-order valence-electron chi connectivity index (χ3n) is 4.45. The molecule has 0 spiro atoms. The standard InChI is InChI=1S/C21H28FN3O4/c1-14(28-13-15-8-6-5-7-9-15)18(24-20(27)29-21(2,3)4)19(26)25-12-16(22)10-17(25)11-23/h5-9,14,16-18H,10,12-13H2,1-4H3,(H,24,27)/t14-,16+,17+,18+/m1/s1. The van der Waals surface area contributed by atoms with Crippen molar-refractivity contribution in [2.45, 2.75) is 70.7 Å². The largest absolute Gasteiger partial charge is 0.444 e. The Hall–Kier alpha value is -2.66. The highest BCUT2D eigenvalue weighted by molar-refractivity contribution is 5.87. The van der Waals surface area contributed by atoms with Crippen LogP contribution in [0.3, 0.4) is 0 Å². The molecule has 0 aliphatic carbocycles. The first-order valence-electron chi connectivity index (χ1n) is 9.60. The van der Waals surface area contributed by atoms with Crippen molar-refractivity contribution in [2.75, 3.05) is 6.54 Å². The summed E-state index contributed by atoms with van der Waals surface area (Å²) in [5, 5.41) is 11.8. The summed E-state index contributed by atoms with van der Waals surface area (Å²) in [4.78, 5) is 26.5. The molecule has 1 fully saturated rings. The summed E-state index contributed by atoms with van der Waals surface area (Å²) in [6.07, 6.45) is -2.82. The second kappa shape index (κ2) is 9.70. The Labute approximate surface area is 170 Å². The number of alkyl halides is 1. The summed E-state index contributed by atoms with van der Waals surface area (Å²) in [5.41, 5.74) is 0.154. The van der Waals surface area contributed by atoms with E-state index < -0.39 is 42.0 Å². The van der Waals surface area contributed by atoms with Gasteiger partial charge in [-0.3, -0.25) is 4.79 Å². The average molecular weight is 405 g/mol. The molecule has 0 saturated carbocycles. The van der Waals surface area contributed by atoms with Crippen LogP contribution in [0.15, 0.2) is 30.3 Å².